The van der Waals surface area contributed by atoms with Gasteiger partial charge in [0.05, 0.1) is 0 Å². The summed E-state index contributed by atoms with van der Waals surface area (Å²) >= 11 is -1.91. The monoisotopic (exact) mass is 331 g/mol. The highest BCUT2D eigenvalue weighted by Crippen LogP contribution is 2.28. The minimum absolute atomic E-state index is 0.308. The first-order valence-electron chi connectivity index (χ1n) is 6.87. The van der Waals surface area contributed by atoms with Crippen molar-refractivity contribution in [2.45, 2.75) is 5.25 Å². The predicted octanol–water partition coefficient (Wildman–Crippen LogP) is 1.47. The number of nitrogens with two attached hydrogens (primary N) is 1. The van der Waals surface area contributed by atoms with E-state index in [9.17, 15) is 9.00 Å². The van der Waals surface area contributed by atoms with Crippen LogP contribution in [0.3, 0.4) is 0 Å². The molecule has 7 heteroatoms. The summed E-state index contributed by atoms with van der Waals surface area (Å²) in [5.41, 5.74) is 6.67. The molecule has 23 heavy (non-hydrogen) atoms. The molecule has 0 aliphatic heterocycles. The van der Waals surface area contributed by atoms with Gasteiger partial charge >= 0.3 is 5.97 Å². The molecule has 6 nitrogen and oxygen atoms in total. The molecule has 0 radical (unpaired) electrons. The average Bonchev–Trinajstić information content (AvgIpc) is 2.55. The summed E-state index contributed by atoms with van der Waals surface area (Å²) in [5, 5.41) is 8.74. The Morgan fingerprint density at radius 3 is 2.00 bits per heavy atom. The summed E-state index contributed by atoms with van der Waals surface area (Å²) in [6.45, 7) is -0.308. The molecule has 0 aliphatic carbocycles. The first kappa shape index (κ1) is 16.7. The van der Waals surface area contributed by atoms with Crippen LogP contribution in [0.5, 0.6) is 0 Å². The summed E-state index contributed by atoms with van der Waals surface area (Å²) in [7, 11) is 0. The summed E-state index contributed by atoms with van der Waals surface area (Å²) < 4.78 is 17.5. The minimum Gasteiger partial charge on any atom is -0.370 e. The fourth-order valence-electron chi connectivity index (χ4n) is 2.01. The van der Waals surface area contributed by atoms with E-state index in [2.05, 4.69) is 5.32 Å². The second kappa shape index (κ2) is 8.09. The van der Waals surface area contributed by atoms with Crippen molar-refractivity contribution >= 4 is 23.0 Å². The lowest BCUT2D eigenvalue weighted by Crippen LogP contribution is -2.35. The molecule has 0 spiro atoms. The van der Waals surface area contributed by atoms with Crippen LogP contribution in [0.2, 0.25) is 0 Å². The van der Waals surface area contributed by atoms with E-state index in [1.807, 2.05) is 60.7 Å². The van der Waals surface area contributed by atoms with Gasteiger partial charge in [0.25, 0.3) is 0 Å². The average molecular weight is 331 g/mol. The van der Waals surface area contributed by atoms with Gasteiger partial charge in [-0.1, -0.05) is 60.7 Å². The highest BCUT2D eigenvalue weighted by Gasteiger charge is 2.24. The van der Waals surface area contributed by atoms with Crippen LogP contribution in [0, 0.1) is 5.41 Å². The van der Waals surface area contributed by atoms with Crippen molar-refractivity contribution in [2.75, 3.05) is 6.54 Å². The number of guanidine groups is 1. The van der Waals surface area contributed by atoms with Gasteiger partial charge < -0.3 is 15.2 Å². The molecule has 2 aromatic rings. The molecule has 2 rings (SSSR count). The Labute approximate surface area is 136 Å². The first-order valence-corrected chi connectivity index (χ1v) is 8.01. The van der Waals surface area contributed by atoms with E-state index in [1.165, 1.54) is 0 Å². The van der Waals surface area contributed by atoms with Gasteiger partial charge in [-0.25, -0.2) is 9.00 Å². The normalized spacial score (nSPS) is 11.7. The van der Waals surface area contributed by atoms with E-state index in [1.54, 1.807) is 0 Å². The second-order valence-corrected chi connectivity index (χ2v) is 5.84. The summed E-state index contributed by atoms with van der Waals surface area (Å²) in [4.78, 5) is 11.7. The van der Waals surface area contributed by atoms with Gasteiger partial charge in [-0.2, -0.15) is 0 Å². The fraction of sp³-hybridized carbons (Fsp3) is 0.125. The Balaban J connectivity index is 2.19. The third-order valence-corrected chi connectivity index (χ3v) is 4.27. The minimum atomic E-state index is -1.91. The van der Waals surface area contributed by atoms with Crippen molar-refractivity contribution < 1.29 is 13.2 Å². The highest BCUT2D eigenvalue weighted by molar-refractivity contribution is 7.81. The van der Waals surface area contributed by atoms with Crippen molar-refractivity contribution in [2.24, 2.45) is 5.73 Å². The predicted molar refractivity (Wildman–Crippen MR) is 88.9 cm³/mol. The first-order chi connectivity index (χ1) is 11.1. The quantitative estimate of drug-likeness (QED) is 0.549. The van der Waals surface area contributed by atoms with Crippen molar-refractivity contribution in [1.82, 2.24) is 5.32 Å². The highest BCUT2D eigenvalue weighted by atomic mass is 32.2. The summed E-state index contributed by atoms with van der Waals surface area (Å²) in [5.74, 6) is -1.09. The fourth-order valence-corrected chi connectivity index (χ4v) is 3.10. The number of carbonyl (C=O) groups excluding carboxylic acids is 1. The molecule has 0 aromatic heterocycles. The molecule has 0 aliphatic rings. The molecule has 0 fully saturated rings. The third kappa shape index (κ3) is 4.93. The number of hydrogen-bond donors (Lipinski definition) is 3. The van der Waals surface area contributed by atoms with Gasteiger partial charge in [-0.05, 0) is 11.1 Å². The Kier molecular flexibility index (Phi) is 5.87. The summed E-state index contributed by atoms with van der Waals surface area (Å²) in [6, 6.07) is 18.4. The molecule has 0 unspecified atom stereocenters. The molecule has 0 bridgehead atoms. The third-order valence-electron chi connectivity index (χ3n) is 3.00. The van der Waals surface area contributed by atoms with Crippen LogP contribution in [0.4, 0.5) is 0 Å². The lowest BCUT2D eigenvalue weighted by Gasteiger charge is -2.16. The topological polar surface area (TPSA) is 105 Å². The van der Waals surface area contributed by atoms with E-state index in [0.29, 0.717) is 0 Å². The zero-order chi connectivity index (χ0) is 16.7. The Bertz CT molecular complexity index is 653. The molecule has 2 aromatic carbocycles. The van der Waals surface area contributed by atoms with Crippen LogP contribution in [-0.2, 0) is 20.1 Å². The van der Waals surface area contributed by atoms with Gasteiger partial charge in [-0.3, -0.25) is 5.41 Å². The number of rotatable bonds is 6. The zero-order valence-corrected chi connectivity index (χ0v) is 13.1. The van der Waals surface area contributed by atoms with E-state index >= 15 is 0 Å². The standard InChI is InChI=1S/C16H17N3O3S/c17-16(18)19-11-14(20)22-23(21)15(12-7-3-1-4-8-12)13-9-5-2-6-10-13/h1-10,15H,11H2,(H4,17,18,19)/t23-/m1/s1. The molecule has 4 N–H and O–H groups in total. The second-order valence-electron chi connectivity index (χ2n) is 4.68. The van der Waals surface area contributed by atoms with Crippen LogP contribution < -0.4 is 11.1 Å². The largest absolute Gasteiger partial charge is 0.370 e. The maximum atomic E-state index is 12.6. The Morgan fingerprint density at radius 1 is 1.09 bits per heavy atom. The SMILES string of the molecule is N=C(N)NCC(=O)O[S@@](=O)C(c1ccccc1)c1ccccc1. The number of benzene rings is 2. The van der Waals surface area contributed by atoms with Gasteiger partial charge in [0.2, 0.25) is 11.1 Å². The van der Waals surface area contributed by atoms with Gasteiger partial charge in [0.15, 0.2) is 5.96 Å². The molecule has 0 amide bonds. The maximum Gasteiger partial charge on any atom is 0.339 e. The Hall–Kier alpha value is -2.67. The lowest BCUT2D eigenvalue weighted by molar-refractivity contribution is -0.132. The number of hydrogen-bond acceptors (Lipinski definition) is 4. The molecule has 0 saturated carbocycles. The lowest BCUT2D eigenvalue weighted by atomic mass is 10.0. The van der Waals surface area contributed by atoms with Gasteiger partial charge in [0.1, 0.15) is 11.8 Å². The van der Waals surface area contributed by atoms with E-state index in [4.69, 9.17) is 15.3 Å². The Morgan fingerprint density at radius 2 is 1.57 bits per heavy atom. The number of carbonyl (C=O) groups is 1. The van der Waals surface area contributed by atoms with E-state index in [0.717, 1.165) is 11.1 Å². The van der Waals surface area contributed by atoms with Crippen LogP contribution in [0.1, 0.15) is 16.4 Å². The molecule has 0 saturated heterocycles. The maximum absolute atomic E-state index is 12.6. The molecular weight excluding hydrogens is 314 g/mol. The van der Waals surface area contributed by atoms with Crippen molar-refractivity contribution in [3.63, 3.8) is 0 Å². The summed E-state index contributed by atoms with van der Waals surface area (Å²) in [6.07, 6.45) is 0. The van der Waals surface area contributed by atoms with Crippen molar-refractivity contribution in [3.05, 3.63) is 71.8 Å². The zero-order valence-electron chi connectivity index (χ0n) is 12.3. The van der Waals surface area contributed by atoms with E-state index < -0.39 is 22.3 Å². The van der Waals surface area contributed by atoms with Gasteiger partial charge in [0, 0.05) is 0 Å². The van der Waals surface area contributed by atoms with Crippen LogP contribution in [-0.4, -0.2) is 22.7 Å². The molecule has 0 heterocycles. The molecular formula is C16H17N3O3S. The van der Waals surface area contributed by atoms with Crippen molar-refractivity contribution in [1.29, 1.82) is 5.41 Å². The molecule has 1 atom stereocenters. The van der Waals surface area contributed by atoms with Crippen LogP contribution in [0.15, 0.2) is 60.7 Å². The van der Waals surface area contributed by atoms with Crippen LogP contribution in [0.25, 0.3) is 0 Å². The molecule has 120 valence electrons. The van der Waals surface area contributed by atoms with Crippen molar-refractivity contribution in [3.8, 4) is 0 Å². The number of nitrogens with one attached hydrogen (secondary N) is 2. The smallest absolute Gasteiger partial charge is 0.339 e. The van der Waals surface area contributed by atoms with Gasteiger partial charge in [-0.15, -0.1) is 0 Å². The van der Waals surface area contributed by atoms with Crippen LogP contribution >= 0.6 is 0 Å². The van der Waals surface area contributed by atoms with E-state index in [-0.39, 0.29) is 12.5 Å².